The van der Waals surface area contributed by atoms with Crippen LogP contribution >= 0.6 is 0 Å². The second-order valence-electron chi connectivity index (χ2n) is 6.03. The molecule has 1 aliphatic carbocycles. The molecule has 0 saturated heterocycles. The topological polar surface area (TPSA) is 29.3 Å². The Morgan fingerprint density at radius 3 is 2.35 bits per heavy atom. The summed E-state index contributed by atoms with van der Waals surface area (Å²) in [6.07, 6.45) is 4.06. The van der Waals surface area contributed by atoms with Gasteiger partial charge in [0.2, 0.25) is 0 Å². The van der Waals surface area contributed by atoms with Gasteiger partial charge in [0.15, 0.2) is 0 Å². The molecular formula is C16H24F2N2. The second-order valence-corrected chi connectivity index (χ2v) is 6.03. The van der Waals surface area contributed by atoms with Crippen LogP contribution in [-0.2, 0) is 0 Å². The Hall–Kier alpha value is -1.00. The summed E-state index contributed by atoms with van der Waals surface area (Å²) in [6, 6.07) is 3.17. The normalized spacial score (nSPS) is 24.9. The molecule has 0 heterocycles. The summed E-state index contributed by atoms with van der Waals surface area (Å²) in [5, 5.41) is 0. The number of hydrogen-bond acceptors (Lipinski definition) is 2. The van der Waals surface area contributed by atoms with E-state index < -0.39 is 0 Å². The van der Waals surface area contributed by atoms with Gasteiger partial charge in [0.25, 0.3) is 0 Å². The highest BCUT2D eigenvalue weighted by Crippen LogP contribution is 2.30. The highest BCUT2D eigenvalue weighted by Gasteiger charge is 2.27. The number of benzene rings is 1. The number of hydrogen-bond donors (Lipinski definition) is 1. The third kappa shape index (κ3) is 3.18. The first-order valence-corrected chi connectivity index (χ1v) is 7.33. The van der Waals surface area contributed by atoms with Crippen molar-refractivity contribution in [1.82, 2.24) is 4.90 Å². The molecule has 4 heteroatoms. The maximum Gasteiger partial charge on any atom is 0.128 e. The van der Waals surface area contributed by atoms with E-state index in [1.807, 2.05) is 14.0 Å². The monoisotopic (exact) mass is 282 g/mol. The minimum atomic E-state index is -0.340. The Labute approximate surface area is 120 Å². The molecule has 2 rings (SSSR count). The van der Waals surface area contributed by atoms with Crippen LogP contribution in [-0.4, -0.2) is 24.0 Å². The molecule has 0 aromatic heterocycles. The quantitative estimate of drug-likeness (QED) is 0.919. The first kappa shape index (κ1) is 15.4. The van der Waals surface area contributed by atoms with Gasteiger partial charge in [0.1, 0.15) is 11.6 Å². The fourth-order valence-corrected chi connectivity index (χ4v) is 3.03. The van der Waals surface area contributed by atoms with Gasteiger partial charge in [-0.3, -0.25) is 4.90 Å². The van der Waals surface area contributed by atoms with Crippen LogP contribution in [0, 0.1) is 18.6 Å². The van der Waals surface area contributed by atoms with E-state index in [1.165, 1.54) is 12.1 Å². The summed E-state index contributed by atoms with van der Waals surface area (Å²) in [5.74, 6) is -0.664. The number of aryl methyl sites for hydroxylation is 1. The Morgan fingerprint density at radius 1 is 1.15 bits per heavy atom. The lowest BCUT2D eigenvalue weighted by Gasteiger charge is -2.37. The van der Waals surface area contributed by atoms with Crippen molar-refractivity contribution in [1.29, 1.82) is 0 Å². The maximum atomic E-state index is 14.1. The van der Waals surface area contributed by atoms with Gasteiger partial charge in [0, 0.05) is 23.7 Å². The third-order valence-corrected chi connectivity index (χ3v) is 4.66. The highest BCUT2D eigenvalue weighted by molar-refractivity contribution is 5.27. The molecule has 1 unspecified atom stereocenters. The standard InChI is InChI=1S/C16H24F2N2/c1-10-8-16(18)14(9-15(10)17)11(2)20(3)13-6-4-12(19)5-7-13/h8-9,11-13H,4-7,19H2,1-3H3. The van der Waals surface area contributed by atoms with Gasteiger partial charge in [-0.2, -0.15) is 0 Å². The van der Waals surface area contributed by atoms with E-state index in [9.17, 15) is 8.78 Å². The molecule has 0 aliphatic heterocycles. The molecule has 0 bridgehead atoms. The molecule has 1 atom stereocenters. The van der Waals surface area contributed by atoms with Gasteiger partial charge in [-0.1, -0.05) is 0 Å². The van der Waals surface area contributed by atoms with Crippen molar-refractivity contribution in [2.24, 2.45) is 5.73 Å². The molecule has 2 N–H and O–H groups in total. The highest BCUT2D eigenvalue weighted by atomic mass is 19.1. The SMILES string of the molecule is Cc1cc(F)c(C(C)N(C)C2CCC(N)CC2)cc1F. The van der Waals surface area contributed by atoms with Crippen LogP contribution in [0.5, 0.6) is 0 Å². The summed E-state index contributed by atoms with van der Waals surface area (Å²) in [6.45, 7) is 3.51. The zero-order chi connectivity index (χ0) is 14.9. The Kier molecular flexibility index (Phi) is 4.76. The molecule has 0 spiro atoms. The van der Waals surface area contributed by atoms with Crippen molar-refractivity contribution in [2.75, 3.05) is 7.05 Å². The Morgan fingerprint density at radius 2 is 1.75 bits per heavy atom. The van der Waals surface area contributed by atoms with Crippen LogP contribution in [0.15, 0.2) is 12.1 Å². The van der Waals surface area contributed by atoms with Gasteiger partial charge in [-0.15, -0.1) is 0 Å². The number of nitrogens with two attached hydrogens (primary N) is 1. The maximum absolute atomic E-state index is 14.1. The van der Waals surface area contributed by atoms with Gasteiger partial charge in [0.05, 0.1) is 0 Å². The van der Waals surface area contributed by atoms with Crippen LogP contribution in [0.4, 0.5) is 8.78 Å². The molecule has 0 amide bonds. The molecule has 0 radical (unpaired) electrons. The fourth-order valence-electron chi connectivity index (χ4n) is 3.03. The summed E-state index contributed by atoms with van der Waals surface area (Å²) in [7, 11) is 1.99. The van der Waals surface area contributed by atoms with Crippen molar-refractivity contribution >= 4 is 0 Å². The molecule has 112 valence electrons. The smallest absolute Gasteiger partial charge is 0.128 e. The van der Waals surface area contributed by atoms with Gasteiger partial charge < -0.3 is 5.73 Å². The van der Waals surface area contributed by atoms with E-state index in [0.29, 0.717) is 23.2 Å². The van der Waals surface area contributed by atoms with Gasteiger partial charge >= 0.3 is 0 Å². The van der Waals surface area contributed by atoms with Crippen molar-refractivity contribution < 1.29 is 8.78 Å². The van der Waals surface area contributed by atoms with Crippen molar-refractivity contribution in [3.05, 3.63) is 34.9 Å². The Bertz CT molecular complexity index is 468. The van der Waals surface area contributed by atoms with E-state index >= 15 is 0 Å². The number of halogens is 2. The molecule has 20 heavy (non-hydrogen) atoms. The van der Waals surface area contributed by atoms with E-state index in [-0.39, 0.29) is 17.7 Å². The predicted octanol–water partition coefficient (Wildman–Crippen LogP) is 3.54. The first-order chi connectivity index (χ1) is 9.40. The minimum absolute atomic E-state index is 0.135. The van der Waals surface area contributed by atoms with Gasteiger partial charge in [-0.05, 0) is 64.3 Å². The average Bonchev–Trinajstić information content (AvgIpc) is 2.42. The van der Waals surface area contributed by atoms with E-state index in [1.54, 1.807) is 6.92 Å². The minimum Gasteiger partial charge on any atom is -0.328 e. The molecule has 1 aliphatic rings. The lowest BCUT2D eigenvalue weighted by atomic mass is 9.89. The van der Waals surface area contributed by atoms with Crippen LogP contribution in [0.2, 0.25) is 0 Å². The van der Waals surface area contributed by atoms with Gasteiger partial charge in [-0.25, -0.2) is 8.78 Å². The van der Waals surface area contributed by atoms with Crippen molar-refractivity contribution in [3.8, 4) is 0 Å². The number of rotatable bonds is 3. The largest absolute Gasteiger partial charge is 0.328 e. The molecule has 1 fully saturated rings. The Balaban J connectivity index is 2.14. The van der Waals surface area contributed by atoms with Crippen molar-refractivity contribution in [3.63, 3.8) is 0 Å². The predicted molar refractivity (Wildman–Crippen MR) is 77.5 cm³/mol. The molecule has 1 aromatic carbocycles. The van der Waals surface area contributed by atoms with E-state index in [0.717, 1.165) is 25.7 Å². The summed E-state index contributed by atoms with van der Waals surface area (Å²) in [4.78, 5) is 2.15. The fraction of sp³-hybridized carbons (Fsp3) is 0.625. The first-order valence-electron chi connectivity index (χ1n) is 7.33. The summed E-state index contributed by atoms with van der Waals surface area (Å²) >= 11 is 0. The summed E-state index contributed by atoms with van der Waals surface area (Å²) < 4.78 is 27.7. The summed E-state index contributed by atoms with van der Waals surface area (Å²) in [5.41, 5.74) is 6.70. The second kappa shape index (κ2) is 6.19. The molecule has 2 nitrogen and oxygen atoms in total. The average molecular weight is 282 g/mol. The number of nitrogens with zero attached hydrogens (tertiary/aromatic N) is 1. The van der Waals surface area contributed by atoms with Crippen LogP contribution in [0.1, 0.15) is 49.8 Å². The zero-order valence-electron chi connectivity index (χ0n) is 12.5. The molecule has 1 aromatic rings. The third-order valence-electron chi connectivity index (χ3n) is 4.66. The lowest BCUT2D eigenvalue weighted by molar-refractivity contribution is 0.138. The van der Waals surface area contributed by atoms with Crippen LogP contribution in [0.25, 0.3) is 0 Å². The van der Waals surface area contributed by atoms with Crippen LogP contribution < -0.4 is 5.73 Å². The molecular weight excluding hydrogens is 258 g/mol. The van der Waals surface area contributed by atoms with E-state index in [2.05, 4.69) is 4.90 Å². The lowest BCUT2D eigenvalue weighted by Crippen LogP contribution is -2.40. The van der Waals surface area contributed by atoms with E-state index in [4.69, 9.17) is 5.73 Å². The van der Waals surface area contributed by atoms with Crippen molar-refractivity contribution in [2.45, 2.75) is 57.7 Å². The zero-order valence-corrected chi connectivity index (χ0v) is 12.5. The molecule has 1 saturated carbocycles. The van der Waals surface area contributed by atoms with Crippen LogP contribution in [0.3, 0.4) is 0 Å².